The second kappa shape index (κ2) is 6.88. The van der Waals surface area contributed by atoms with E-state index in [1.807, 2.05) is 24.3 Å². The summed E-state index contributed by atoms with van der Waals surface area (Å²) < 4.78 is 6.24. The largest absolute Gasteiger partial charge is 0.507 e. The number of phenolic OH excluding ortho intramolecular Hbond substituents is 1. The molecule has 0 saturated heterocycles. The lowest BCUT2D eigenvalue weighted by molar-refractivity contribution is -0.126. The van der Waals surface area contributed by atoms with Crippen LogP contribution < -0.4 is 0 Å². The van der Waals surface area contributed by atoms with E-state index in [4.69, 9.17) is 4.74 Å². The Morgan fingerprint density at radius 2 is 1.92 bits per heavy atom. The minimum absolute atomic E-state index is 0.0124. The number of hydrogen-bond donors (Lipinski definition) is 1. The van der Waals surface area contributed by atoms with Crippen LogP contribution in [0.15, 0.2) is 42.5 Å². The van der Waals surface area contributed by atoms with Crippen LogP contribution in [0, 0.1) is 5.41 Å². The molecule has 134 valence electrons. The lowest BCUT2D eigenvalue weighted by Gasteiger charge is -2.20. The van der Waals surface area contributed by atoms with Gasteiger partial charge in [0.05, 0.1) is 26.8 Å². The van der Waals surface area contributed by atoms with Crippen LogP contribution >= 0.6 is 11.3 Å². The van der Waals surface area contributed by atoms with Gasteiger partial charge in [0.2, 0.25) is 0 Å². The van der Waals surface area contributed by atoms with Crippen LogP contribution in [0.3, 0.4) is 0 Å². The van der Waals surface area contributed by atoms with Gasteiger partial charge in [0.25, 0.3) is 0 Å². The number of hydrogen-bond acceptors (Lipinski definition) is 6. The summed E-state index contributed by atoms with van der Waals surface area (Å²) in [6, 6.07) is 12.3. The Morgan fingerprint density at radius 1 is 1.19 bits per heavy atom. The third kappa shape index (κ3) is 3.60. The fourth-order valence-electron chi connectivity index (χ4n) is 2.26. The van der Waals surface area contributed by atoms with Gasteiger partial charge >= 0.3 is 5.97 Å². The van der Waals surface area contributed by atoms with Crippen LogP contribution in [0.5, 0.6) is 5.75 Å². The van der Waals surface area contributed by atoms with E-state index < -0.39 is 11.4 Å². The first-order valence-corrected chi connectivity index (χ1v) is 8.97. The SMILES string of the molecule is CC(=O)C(C)(C)COC(=O)c1ccc(-c2nc3ccccc3s2)c(O)c1. The van der Waals surface area contributed by atoms with Gasteiger partial charge in [0.1, 0.15) is 23.1 Å². The van der Waals surface area contributed by atoms with E-state index in [-0.39, 0.29) is 23.7 Å². The van der Waals surface area contributed by atoms with E-state index in [2.05, 4.69) is 4.98 Å². The number of ketones is 1. The number of aromatic hydroxyl groups is 1. The van der Waals surface area contributed by atoms with E-state index in [1.165, 1.54) is 24.3 Å². The van der Waals surface area contributed by atoms with E-state index in [1.54, 1.807) is 26.0 Å². The predicted molar refractivity (Wildman–Crippen MR) is 101 cm³/mol. The molecule has 0 aliphatic rings. The summed E-state index contributed by atoms with van der Waals surface area (Å²) in [6.45, 7) is 4.89. The topological polar surface area (TPSA) is 76.5 Å². The standard InChI is InChI=1S/C20H19NO4S/c1-12(22)20(2,3)11-25-19(24)13-8-9-14(16(23)10-13)18-21-15-6-4-5-7-17(15)26-18/h4-10,23H,11H2,1-3H3. The summed E-state index contributed by atoms with van der Waals surface area (Å²) in [7, 11) is 0. The van der Waals surface area contributed by atoms with Gasteiger partial charge in [-0.1, -0.05) is 12.1 Å². The number of carbonyl (C=O) groups is 2. The Labute approximate surface area is 155 Å². The van der Waals surface area contributed by atoms with E-state index in [9.17, 15) is 14.7 Å². The zero-order valence-electron chi connectivity index (χ0n) is 14.8. The lowest BCUT2D eigenvalue weighted by Crippen LogP contribution is -2.28. The van der Waals surface area contributed by atoms with Gasteiger partial charge in [-0.15, -0.1) is 11.3 Å². The Hall–Kier alpha value is -2.73. The number of ether oxygens (including phenoxy) is 1. The van der Waals surface area contributed by atoms with Crippen molar-refractivity contribution >= 4 is 33.3 Å². The number of phenols is 1. The van der Waals surface area contributed by atoms with E-state index >= 15 is 0 Å². The van der Waals surface area contributed by atoms with Crippen molar-refractivity contribution in [3.8, 4) is 16.3 Å². The summed E-state index contributed by atoms with van der Waals surface area (Å²) in [6.07, 6.45) is 0. The maximum absolute atomic E-state index is 12.2. The third-order valence-corrected chi connectivity index (χ3v) is 5.34. The summed E-state index contributed by atoms with van der Waals surface area (Å²) >= 11 is 1.47. The fourth-order valence-corrected chi connectivity index (χ4v) is 3.26. The van der Waals surface area contributed by atoms with Gasteiger partial charge in [0, 0.05) is 0 Å². The number of carbonyl (C=O) groups excluding carboxylic acids is 2. The first-order valence-electron chi connectivity index (χ1n) is 8.15. The third-order valence-electron chi connectivity index (χ3n) is 4.27. The molecular weight excluding hydrogens is 350 g/mol. The quantitative estimate of drug-likeness (QED) is 0.673. The molecule has 6 heteroatoms. The summed E-state index contributed by atoms with van der Waals surface area (Å²) in [4.78, 5) is 28.2. The molecule has 3 aromatic rings. The van der Waals surface area contributed by atoms with Gasteiger partial charge in [-0.25, -0.2) is 9.78 Å². The van der Waals surface area contributed by atoms with Crippen LogP contribution in [0.2, 0.25) is 0 Å². The van der Waals surface area contributed by atoms with Crippen molar-refractivity contribution in [1.29, 1.82) is 0 Å². The Bertz CT molecular complexity index is 957. The second-order valence-electron chi connectivity index (χ2n) is 6.73. The number of benzene rings is 2. The molecule has 1 aromatic heterocycles. The minimum atomic E-state index is -0.737. The van der Waals surface area contributed by atoms with Crippen molar-refractivity contribution in [1.82, 2.24) is 4.98 Å². The Balaban J connectivity index is 1.81. The molecule has 0 spiro atoms. The van der Waals surface area contributed by atoms with Gasteiger partial charge in [-0.3, -0.25) is 4.79 Å². The molecule has 0 radical (unpaired) electrons. The van der Waals surface area contributed by atoms with Crippen LogP contribution in [-0.2, 0) is 9.53 Å². The number of aromatic nitrogens is 1. The molecular formula is C20H19NO4S. The van der Waals surface area contributed by atoms with Crippen LogP contribution in [0.1, 0.15) is 31.1 Å². The normalized spacial score (nSPS) is 11.5. The van der Waals surface area contributed by atoms with Crippen molar-refractivity contribution in [2.75, 3.05) is 6.61 Å². The van der Waals surface area contributed by atoms with Gasteiger partial charge in [0.15, 0.2) is 0 Å². The fraction of sp³-hybridized carbons (Fsp3) is 0.250. The highest BCUT2D eigenvalue weighted by Crippen LogP contribution is 2.35. The molecule has 2 aromatic carbocycles. The molecule has 0 aliphatic heterocycles. The molecule has 0 aliphatic carbocycles. The highest BCUT2D eigenvalue weighted by molar-refractivity contribution is 7.21. The molecule has 26 heavy (non-hydrogen) atoms. The van der Waals surface area contributed by atoms with Crippen LogP contribution in [-0.4, -0.2) is 28.4 Å². The van der Waals surface area contributed by atoms with Gasteiger partial charge < -0.3 is 9.84 Å². The molecule has 5 nitrogen and oxygen atoms in total. The average molecular weight is 369 g/mol. The number of Topliss-reactive ketones (excluding diaryl/α,β-unsaturated/α-hetero) is 1. The molecule has 0 unspecified atom stereocenters. The van der Waals surface area contributed by atoms with Crippen molar-refractivity contribution in [3.05, 3.63) is 48.0 Å². The molecule has 0 atom stereocenters. The monoisotopic (exact) mass is 369 g/mol. The van der Waals surface area contributed by atoms with E-state index in [0.717, 1.165) is 10.2 Å². The lowest BCUT2D eigenvalue weighted by atomic mass is 9.90. The van der Waals surface area contributed by atoms with Crippen molar-refractivity contribution in [2.45, 2.75) is 20.8 Å². The summed E-state index contributed by atoms with van der Waals surface area (Å²) in [5.74, 6) is -0.672. The van der Waals surface area contributed by atoms with Crippen LogP contribution in [0.25, 0.3) is 20.8 Å². The van der Waals surface area contributed by atoms with Crippen molar-refractivity contribution in [2.24, 2.45) is 5.41 Å². The highest BCUT2D eigenvalue weighted by atomic mass is 32.1. The summed E-state index contributed by atoms with van der Waals surface area (Å²) in [5.41, 5.74) is 0.916. The summed E-state index contributed by atoms with van der Waals surface area (Å²) in [5, 5.41) is 11.0. The zero-order chi connectivity index (χ0) is 18.9. The number of para-hydroxylation sites is 1. The first kappa shape index (κ1) is 18.1. The van der Waals surface area contributed by atoms with Gasteiger partial charge in [-0.2, -0.15) is 0 Å². The average Bonchev–Trinajstić information content (AvgIpc) is 3.03. The number of fused-ring (bicyclic) bond motifs is 1. The molecule has 0 bridgehead atoms. The first-order chi connectivity index (χ1) is 12.3. The molecule has 1 N–H and O–H groups in total. The minimum Gasteiger partial charge on any atom is -0.507 e. The maximum Gasteiger partial charge on any atom is 0.338 e. The molecule has 1 heterocycles. The smallest absolute Gasteiger partial charge is 0.338 e. The molecule has 0 saturated carbocycles. The van der Waals surface area contributed by atoms with Crippen molar-refractivity contribution in [3.63, 3.8) is 0 Å². The Morgan fingerprint density at radius 3 is 2.58 bits per heavy atom. The molecule has 3 rings (SSSR count). The van der Waals surface area contributed by atoms with Crippen LogP contribution in [0.4, 0.5) is 0 Å². The molecule has 0 fully saturated rings. The predicted octanol–water partition coefficient (Wildman–Crippen LogP) is 4.44. The Kier molecular flexibility index (Phi) is 4.78. The van der Waals surface area contributed by atoms with E-state index in [0.29, 0.717) is 10.6 Å². The second-order valence-corrected chi connectivity index (χ2v) is 7.77. The number of esters is 1. The zero-order valence-corrected chi connectivity index (χ0v) is 15.6. The number of nitrogens with zero attached hydrogens (tertiary/aromatic N) is 1. The van der Waals surface area contributed by atoms with Gasteiger partial charge in [-0.05, 0) is 51.1 Å². The highest BCUT2D eigenvalue weighted by Gasteiger charge is 2.26. The number of rotatable bonds is 5. The maximum atomic E-state index is 12.2. The molecule has 0 amide bonds. The number of thiazole rings is 1. The van der Waals surface area contributed by atoms with Crippen molar-refractivity contribution < 1.29 is 19.4 Å².